The number of rotatable bonds is 1. The maximum absolute atomic E-state index is 13.9. The Morgan fingerprint density at radius 1 is 1.06 bits per heavy atom. The molecule has 0 amide bonds. The van der Waals surface area contributed by atoms with Crippen LogP contribution in [-0.4, -0.2) is 6.54 Å². The van der Waals surface area contributed by atoms with E-state index in [1.165, 1.54) is 17.2 Å². The fourth-order valence-electron chi connectivity index (χ4n) is 2.43. The molecular weight excluding hydrogens is 293 g/mol. The highest BCUT2D eigenvalue weighted by atomic mass is 79.9. The van der Waals surface area contributed by atoms with Crippen molar-refractivity contribution in [1.29, 1.82) is 0 Å². The van der Waals surface area contributed by atoms with E-state index in [1.807, 2.05) is 12.1 Å². The Kier molecular flexibility index (Phi) is 3.08. The SMILES string of the molecule is Fc1ccc(Br)cc1N1CCc2ccccc2C1. The monoisotopic (exact) mass is 305 g/mol. The van der Waals surface area contributed by atoms with Crippen LogP contribution in [0.25, 0.3) is 0 Å². The Labute approximate surface area is 114 Å². The lowest BCUT2D eigenvalue weighted by molar-refractivity contribution is 0.610. The van der Waals surface area contributed by atoms with Crippen molar-refractivity contribution >= 4 is 21.6 Å². The zero-order chi connectivity index (χ0) is 12.5. The first-order valence-corrected chi connectivity index (χ1v) is 6.80. The van der Waals surface area contributed by atoms with Crippen LogP contribution in [0.4, 0.5) is 10.1 Å². The number of halogens is 2. The van der Waals surface area contributed by atoms with E-state index < -0.39 is 0 Å². The minimum absolute atomic E-state index is 0.155. The maximum Gasteiger partial charge on any atom is 0.146 e. The lowest BCUT2D eigenvalue weighted by Crippen LogP contribution is -2.30. The minimum Gasteiger partial charge on any atom is -0.364 e. The predicted octanol–water partition coefficient (Wildman–Crippen LogP) is 4.15. The van der Waals surface area contributed by atoms with Crippen LogP contribution >= 0.6 is 15.9 Å². The van der Waals surface area contributed by atoms with Gasteiger partial charge in [-0.15, -0.1) is 0 Å². The van der Waals surface area contributed by atoms with Crippen LogP contribution < -0.4 is 4.90 Å². The van der Waals surface area contributed by atoms with Crippen molar-refractivity contribution in [3.8, 4) is 0 Å². The van der Waals surface area contributed by atoms with E-state index in [2.05, 4.69) is 39.0 Å². The van der Waals surface area contributed by atoms with E-state index in [1.54, 1.807) is 6.07 Å². The Hall–Kier alpha value is -1.35. The van der Waals surface area contributed by atoms with E-state index in [4.69, 9.17) is 0 Å². The summed E-state index contributed by atoms with van der Waals surface area (Å²) in [5, 5.41) is 0. The molecular formula is C15H13BrFN. The van der Waals surface area contributed by atoms with Crippen molar-refractivity contribution in [1.82, 2.24) is 0 Å². The van der Waals surface area contributed by atoms with Gasteiger partial charge in [0.25, 0.3) is 0 Å². The summed E-state index contributed by atoms with van der Waals surface area (Å²) in [4.78, 5) is 2.10. The van der Waals surface area contributed by atoms with Crippen LogP contribution in [0.3, 0.4) is 0 Å². The highest BCUT2D eigenvalue weighted by Gasteiger charge is 2.18. The summed E-state index contributed by atoms with van der Waals surface area (Å²) in [7, 11) is 0. The molecule has 0 aliphatic carbocycles. The van der Waals surface area contributed by atoms with Gasteiger partial charge in [-0.2, -0.15) is 0 Å². The Bertz CT molecular complexity index is 582. The normalized spacial score (nSPS) is 14.4. The van der Waals surface area contributed by atoms with Crippen molar-refractivity contribution in [2.24, 2.45) is 0 Å². The van der Waals surface area contributed by atoms with Crippen LogP contribution in [0, 0.1) is 5.82 Å². The Morgan fingerprint density at radius 2 is 1.83 bits per heavy atom. The zero-order valence-corrected chi connectivity index (χ0v) is 11.5. The van der Waals surface area contributed by atoms with Gasteiger partial charge in [-0.25, -0.2) is 4.39 Å². The molecule has 18 heavy (non-hydrogen) atoms. The van der Waals surface area contributed by atoms with E-state index in [0.717, 1.165) is 24.0 Å². The summed E-state index contributed by atoms with van der Waals surface area (Å²) in [5.74, 6) is -0.155. The predicted molar refractivity (Wildman–Crippen MR) is 75.3 cm³/mol. The molecule has 0 saturated heterocycles. The summed E-state index contributed by atoms with van der Waals surface area (Å²) in [6.45, 7) is 1.65. The van der Waals surface area contributed by atoms with E-state index >= 15 is 0 Å². The second-order valence-corrected chi connectivity index (χ2v) is 5.45. The van der Waals surface area contributed by atoms with Gasteiger partial charge in [0.1, 0.15) is 5.82 Å². The van der Waals surface area contributed by atoms with Crippen LogP contribution in [0.2, 0.25) is 0 Å². The molecule has 0 bridgehead atoms. The van der Waals surface area contributed by atoms with Gasteiger partial charge < -0.3 is 4.90 Å². The summed E-state index contributed by atoms with van der Waals surface area (Å²) in [6, 6.07) is 13.5. The van der Waals surface area contributed by atoms with Gasteiger partial charge in [-0.3, -0.25) is 0 Å². The molecule has 2 aromatic rings. The third-order valence-electron chi connectivity index (χ3n) is 3.38. The third kappa shape index (κ3) is 2.15. The Morgan fingerprint density at radius 3 is 2.67 bits per heavy atom. The Balaban J connectivity index is 1.94. The summed E-state index contributed by atoms with van der Waals surface area (Å²) in [6.07, 6.45) is 0.974. The van der Waals surface area contributed by atoms with Crippen LogP contribution in [-0.2, 0) is 13.0 Å². The van der Waals surface area contributed by atoms with Crippen molar-refractivity contribution in [3.05, 3.63) is 63.9 Å². The molecule has 3 heteroatoms. The number of nitrogens with zero attached hydrogens (tertiary/aromatic N) is 1. The molecule has 0 unspecified atom stereocenters. The first-order chi connectivity index (χ1) is 8.74. The van der Waals surface area contributed by atoms with Gasteiger partial charge >= 0.3 is 0 Å². The molecule has 92 valence electrons. The highest BCUT2D eigenvalue weighted by Crippen LogP contribution is 2.28. The van der Waals surface area contributed by atoms with Gasteiger partial charge in [0.15, 0.2) is 0 Å². The van der Waals surface area contributed by atoms with Crippen molar-refractivity contribution in [3.63, 3.8) is 0 Å². The second-order valence-electron chi connectivity index (χ2n) is 4.54. The van der Waals surface area contributed by atoms with Crippen molar-refractivity contribution in [2.45, 2.75) is 13.0 Å². The van der Waals surface area contributed by atoms with Crippen molar-refractivity contribution < 1.29 is 4.39 Å². The molecule has 1 aliphatic heterocycles. The van der Waals surface area contributed by atoms with Gasteiger partial charge in [0.2, 0.25) is 0 Å². The van der Waals surface area contributed by atoms with Crippen LogP contribution in [0.1, 0.15) is 11.1 Å². The quantitative estimate of drug-likeness (QED) is 0.765. The first-order valence-electron chi connectivity index (χ1n) is 6.01. The molecule has 1 nitrogen and oxygen atoms in total. The van der Waals surface area contributed by atoms with Gasteiger partial charge in [-0.05, 0) is 35.7 Å². The molecule has 1 aliphatic rings. The second kappa shape index (κ2) is 4.73. The first kappa shape index (κ1) is 11.7. The minimum atomic E-state index is -0.155. The molecule has 0 aromatic heterocycles. The number of hydrogen-bond donors (Lipinski definition) is 0. The topological polar surface area (TPSA) is 3.24 Å². The van der Waals surface area contributed by atoms with E-state index in [9.17, 15) is 4.39 Å². The van der Waals surface area contributed by atoms with Gasteiger partial charge in [0, 0.05) is 17.6 Å². The number of benzene rings is 2. The summed E-state index contributed by atoms with van der Waals surface area (Å²) >= 11 is 3.40. The fraction of sp³-hybridized carbons (Fsp3) is 0.200. The number of anilines is 1. The zero-order valence-electron chi connectivity index (χ0n) is 9.87. The molecule has 1 heterocycles. The largest absolute Gasteiger partial charge is 0.364 e. The molecule has 2 aromatic carbocycles. The van der Waals surface area contributed by atoms with Gasteiger partial charge in [-0.1, -0.05) is 40.2 Å². The molecule has 0 N–H and O–H groups in total. The molecule has 0 fully saturated rings. The summed E-state index contributed by atoms with van der Waals surface area (Å²) < 4.78 is 14.8. The molecule has 0 atom stereocenters. The van der Waals surface area contributed by atoms with Crippen LogP contribution in [0.5, 0.6) is 0 Å². The molecule has 0 saturated carbocycles. The lowest BCUT2D eigenvalue weighted by Gasteiger charge is -2.31. The number of hydrogen-bond acceptors (Lipinski definition) is 1. The fourth-order valence-corrected chi connectivity index (χ4v) is 2.78. The molecule has 0 spiro atoms. The molecule has 0 radical (unpaired) electrons. The lowest BCUT2D eigenvalue weighted by atomic mass is 9.99. The third-order valence-corrected chi connectivity index (χ3v) is 3.87. The number of fused-ring (bicyclic) bond motifs is 1. The van der Waals surface area contributed by atoms with Crippen molar-refractivity contribution in [2.75, 3.05) is 11.4 Å². The average molecular weight is 306 g/mol. The standard InChI is InChI=1S/C15H13BrFN/c16-13-5-6-14(17)15(9-13)18-8-7-11-3-1-2-4-12(11)10-18/h1-6,9H,7-8,10H2. The maximum atomic E-state index is 13.9. The van der Waals surface area contributed by atoms with Gasteiger partial charge in [0.05, 0.1) is 5.69 Å². The molecule has 3 rings (SSSR count). The van der Waals surface area contributed by atoms with E-state index in [0.29, 0.717) is 5.69 Å². The average Bonchev–Trinajstić information content (AvgIpc) is 2.41. The highest BCUT2D eigenvalue weighted by molar-refractivity contribution is 9.10. The summed E-state index contributed by atoms with van der Waals surface area (Å²) in [5.41, 5.74) is 3.35. The van der Waals surface area contributed by atoms with E-state index in [-0.39, 0.29) is 5.82 Å². The smallest absolute Gasteiger partial charge is 0.146 e. The van der Waals surface area contributed by atoms with Crippen LogP contribution in [0.15, 0.2) is 46.9 Å².